The van der Waals surface area contributed by atoms with E-state index in [1.165, 1.54) is 4.88 Å². The minimum atomic E-state index is -0.294. The van der Waals surface area contributed by atoms with Crippen molar-refractivity contribution >= 4 is 17.4 Å². The summed E-state index contributed by atoms with van der Waals surface area (Å²) in [5, 5.41) is 11.2. The van der Waals surface area contributed by atoms with Crippen LogP contribution in [0.3, 0.4) is 0 Å². The normalized spacial score (nSPS) is 14.0. The Kier molecular flexibility index (Phi) is 3.33. The molecule has 0 aliphatic rings. The van der Waals surface area contributed by atoms with E-state index in [-0.39, 0.29) is 6.10 Å². The van der Waals surface area contributed by atoms with Gasteiger partial charge in [-0.1, -0.05) is 19.1 Å². The first-order valence-electron chi connectivity index (χ1n) is 3.72. The van der Waals surface area contributed by atoms with E-state index in [1.54, 1.807) is 11.3 Å². The van der Waals surface area contributed by atoms with Crippen LogP contribution in [0.4, 0.5) is 0 Å². The van der Waals surface area contributed by atoms with Gasteiger partial charge in [0.05, 0.1) is 6.10 Å². The average Bonchev–Trinajstić information content (AvgIpc) is 2.52. The zero-order valence-corrected chi connectivity index (χ0v) is 7.34. The molecular weight excluding hydrogens is 156 g/mol. The Labute approximate surface area is 71.0 Å². The number of aliphatic hydroxyl groups excluding tert-OH is 1. The summed E-state index contributed by atoms with van der Waals surface area (Å²) in [4.78, 5) is 1.19. The van der Waals surface area contributed by atoms with Gasteiger partial charge in [0.15, 0.2) is 0 Å². The second kappa shape index (κ2) is 4.31. The molecule has 60 valence electrons. The van der Waals surface area contributed by atoms with Crippen LogP contribution < -0.4 is 0 Å². The van der Waals surface area contributed by atoms with Gasteiger partial charge in [0.1, 0.15) is 0 Å². The molecule has 0 amide bonds. The maximum atomic E-state index is 9.17. The summed E-state index contributed by atoms with van der Waals surface area (Å²) in [6, 6.07) is 4.03. The Morgan fingerprint density at radius 1 is 1.73 bits per heavy atom. The molecule has 0 saturated carbocycles. The van der Waals surface area contributed by atoms with E-state index < -0.39 is 0 Å². The number of hydrogen-bond donors (Lipinski definition) is 1. The van der Waals surface area contributed by atoms with Gasteiger partial charge >= 0.3 is 0 Å². The Balaban J connectivity index is 2.48. The van der Waals surface area contributed by atoms with Crippen LogP contribution in [0.5, 0.6) is 0 Å². The molecule has 11 heavy (non-hydrogen) atoms. The standard InChI is InChI=1S/C9H12OS/c1-2-8(10)5-6-9-4-3-7-11-9/h3-8,10H,2H2,1H3. The van der Waals surface area contributed by atoms with Crippen molar-refractivity contribution < 1.29 is 5.11 Å². The van der Waals surface area contributed by atoms with Crippen LogP contribution >= 0.6 is 11.3 Å². The lowest BCUT2D eigenvalue weighted by Gasteiger charge is -1.96. The zero-order chi connectivity index (χ0) is 8.10. The number of aliphatic hydroxyl groups is 1. The van der Waals surface area contributed by atoms with Crippen LogP contribution in [-0.2, 0) is 0 Å². The molecular formula is C9H12OS. The van der Waals surface area contributed by atoms with Gasteiger partial charge in [-0.15, -0.1) is 11.3 Å². The van der Waals surface area contributed by atoms with Gasteiger partial charge in [-0.3, -0.25) is 0 Å². The minimum Gasteiger partial charge on any atom is -0.389 e. The van der Waals surface area contributed by atoms with Crippen molar-refractivity contribution in [2.75, 3.05) is 0 Å². The fraction of sp³-hybridized carbons (Fsp3) is 0.333. The fourth-order valence-electron chi connectivity index (χ4n) is 0.728. The Hall–Kier alpha value is -0.600. The third-order valence-corrected chi connectivity index (χ3v) is 2.28. The van der Waals surface area contributed by atoms with Gasteiger partial charge in [0.2, 0.25) is 0 Å². The summed E-state index contributed by atoms with van der Waals surface area (Å²) in [6.07, 6.45) is 4.27. The summed E-state index contributed by atoms with van der Waals surface area (Å²) in [5.74, 6) is 0. The third kappa shape index (κ3) is 2.87. The van der Waals surface area contributed by atoms with Crippen molar-refractivity contribution in [2.24, 2.45) is 0 Å². The molecule has 1 nitrogen and oxygen atoms in total. The lowest BCUT2D eigenvalue weighted by molar-refractivity contribution is 0.220. The van der Waals surface area contributed by atoms with Crippen LogP contribution in [0, 0.1) is 0 Å². The quantitative estimate of drug-likeness (QED) is 0.735. The maximum Gasteiger partial charge on any atom is 0.0721 e. The van der Waals surface area contributed by atoms with Crippen LogP contribution in [0.1, 0.15) is 18.2 Å². The van der Waals surface area contributed by atoms with Crippen LogP contribution in [0.2, 0.25) is 0 Å². The second-order valence-electron chi connectivity index (χ2n) is 2.35. The molecule has 0 bridgehead atoms. The maximum absolute atomic E-state index is 9.17. The predicted octanol–water partition coefficient (Wildman–Crippen LogP) is 2.53. The summed E-state index contributed by atoms with van der Waals surface area (Å²) in [7, 11) is 0. The van der Waals surface area contributed by atoms with E-state index in [0.717, 1.165) is 6.42 Å². The molecule has 1 N–H and O–H groups in total. The minimum absolute atomic E-state index is 0.294. The molecule has 1 aromatic rings. The second-order valence-corrected chi connectivity index (χ2v) is 3.33. The summed E-state index contributed by atoms with van der Waals surface area (Å²) >= 11 is 1.68. The largest absolute Gasteiger partial charge is 0.389 e. The van der Waals surface area contributed by atoms with E-state index in [2.05, 4.69) is 0 Å². The summed E-state index contributed by atoms with van der Waals surface area (Å²) in [6.45, 7) is 1.96. The average molecular weight is 168 g/mol. The lowest BCUT2D eigenvalue weighted by atomic mass is 10.2. The molecule has 1 heterocycles. The van der Waals surface area contributed by atoms with Crippen molar-refractivity contribution in [1.82, 2.24) is 0 Å². The molecule has 1 aromatic heterocycles. The smallest absolute Gasteiger partial charge is 0.0721 e. The number of rotatable bonds is 3. The third-order valence-electron chi connectivity index (χ3n) is 1.44. The van der Waals surface area contributed by atoms with Gasteiger partial charge in [-0.05, 0) is 23.9 Å². The van der Waals surface area contributed by atoms with Crippen LogP contribution in [0.25, 0.3) is 6.08 Å². The monoisotopic (exact) mass is 168 g/mol. The van der Waals surface area contributed by atoms with Crippen molar-refractivity contribution in [3.8, 4) is 0 Å². The molecule has 0 radical (unpaired) electrons. The van der Waals surface area contributed by atoms with Crippen LogP contribution in [0.15, 0.2) is 23.6 Å². The summed E-state index contributed by atoms with van der Waals surface area (Å²) in [5.41, 5.74) is 0. The Morgan fingerprint density at radius 2 is 2.55 bits per heavy atom. The highest BCUT2D eigenvalue weighted by atomic mass is 32.1. The molecule has 1 rings (SSSR count). The Bertz CT molecular complexity index is 213. The molecule has 0 aliphatic heterocycles. The molecule has 0 fully saturated rings. The van der Waals surface area contributed by atoms with Crippen molar-refractivity contribution in [3.63, 3.8) is 0 Å². The Morgan fingerprint density at radius 3 is 3.09 bits per heavy atom. The summed E-state index contributed by atoms with van der Waals surface area (Å²) < 4.78 is 0. The highest BCUT2D eigenvalue weighted by Gasteiger charge is 1.92. The highest BCUT2D eigenvalue weighted by molar-refractivity contribution is 7.10. The van der Waals surface area contributed by atoms with Crippen molar-refractivity contribution in [3.05, 3.63) is 28.5 Å². The first-order valence-corrected chi connectivity index (χ1v) is 4.60. The van der Waals surface area contributed by atoms with Gasteiger partial charge in [-0.2, -0.15) is 0 Å². The van der Waals surface area contributed by atoms with E-state index in [1.807, 2.05) is 36.6 Å². The first-order chi connectivity index (χ1) is 5.33. The SMILES string of the molecule is CCC(O)C=Cc1cccs1. The van der Waals surface area contributed by atoms with Crippen LogP contribution in [-0.4, -0.2) is 11.2 Å². The van der Waals surface area contributed by atoms with E-state index >= 15 is 0 Å². The van der Waals surface area contributed by atoms with E-state index in [9.17, 15) is 5.11 Å². The molecule has 0 aromatic carbocycles. The highest BCUT2D eigenvalue weighted by Crippen LogP contribution is 2.10. The fourth-order valence-corrected chi connectivity index (χ4v) is 1.36. The molecule has 0 aliphatic carbocycles. The molecule has 2 heteroatoms. The van der Waals surface area contributed by atoms with Crippen molar-refractivity contribution in [2.45, 2.75) is 19.4 Å². The van der Waals surface area contributed by atoms with Gasteiger partial charge < -0.3 is 5.11 Å². The molecule has 0 spiro atoms. The lowest BCUT2D eigenvalue weighted by Crippen LogP contribution is -1.97. The predicted molar refractivity (Wildman–Crippen MR) is 49.7 cm³/mol. The first kappa shape index (κ1) is 8.50. The molecule has 1 unspecified atom stereocenters. The number of hydrogen-bond acceptors (Lipinski definition) is 2. The molecule has 0 saturated heterocycles. The zero-order valence-electron chi connectivity index (χ0n) is 6.53. The van der Waals surface area contributed by atoms with Gasteiger partial charge in [0.25, 0.3) is 0 Å². The topological polar surface area (TPSA) is 20.2 Å². The van der Waals surface area contributed by atoms with E-state index in [4.69, 9.17) is 0 Å². The molecule has 1 atom stereocenters. The van der Waals surface area contributed by atoms with Gasteiger partial charge in [0, 0.05) is 4.88 Å². The number of thiophene rings is 1. The van der Waals surface area contributed by atoms with Gasteiger partial charge in [-0.25, -0.2) is 0 Å². The van der Waals surface area contributed by atoms with Crippen molar-refractivity contribution in [1.29, 1.82) is 0 Å². The van der Waals surface area contributed by atoms with E-state index in [0.29, 0.717) is 0 Å².